The molecule has 0 aliphatic rings. The van der Waals surface area contributed by atoms with Crippen LogP contribution in [0.5, 0.6) is 0 Å². The van der Waals surface area contributed by atoms with Gasteiger partial charge in [-0.2, -0.15) is 0 Å². The second-order valence-electron chi connectivity index (χ2n) is 4.69. The van der Waals surface area contributed by atoms with Crippen LogP contribution in [0.1, 0.15) is 26.5 Å². The number of carbonyl (C=O) groups excluding carboxylic acids is 1. The first-order valence-corrected chi connectivity index (χ1v) is 7.33. The number of ether oxygens (including phenoxy) is 1. The lowest BCUT2D eigenvalue weighted by atomic mass is 10.3. The van der Waals surface area contributed by atoms with Crippen molar-refractivity contribution >= 4 is 11.9 Å². The van der Waals surface area contributed by atoms with Crippen LogP contribution in [0.15, 0.2) is 18.2 Å². The van der Waals surface area contributed by atoms with E-state index in [0.717, 1.165) is 25.3 Å². The topological polar surface area (TPSA) is 46.9 Å². The van der Waals surface area contributed by atoms with E-state index in [9.17, 15) is 4.79 Å². The van der Waals surface area contributed by atoms with Gasteiger partial charge in [0.15, 0.2) is 0 Å². The summed E-state index contributed by atoms with van der Waals surface area (Å²) in [6, 6.07) is 5.68. The Kier molecular flexibility index (Phi) is 9.75. The van der Waals surface area contributed by atoms with Gasteiger partial charge in [-0.25, -0.2) is 9.78 Å². The van der Waals surface area contributed by atoms with E-state index in [4.69, 9.17) is 4.74 Å². The predicted octanol–water partition coefficient (Wildman–Crippen LogP) is -1.72. The van der Waals surface area contributed by atoms with Crippen molar-refractivity contribution in [2.24, 2.45) is 0 Å². The SMILES string of the molecule is CCOC(=O)N(CC[NH+](CC)CC)c1cccc(C)n1.[Cl-]. The van der Waals surface area contributed by atoms with E-state index in [2.05, 4.69) is 18.8 Å². The largest absolute Gasteiger partial charge is 1.00 e. The molecule has 120 valence electrons. The summed E-state index contributed by atoms with van der Waals surface area (Å²) in [7, 11) is 0. The summed E-state index contributed by atoms with van der Waals surface area (Å²) in [6.45, 7) is 12.0. The monoisotopic (exact) mass is 315 g/mol. The Bertz CT molecular complexity index is 425. The standard InChI is InChI=1S/C15H25N3O2.ClH/c1-5-17(6-2)11-12-18(15(19)20-7-3)14-10-8-9-13(4)16-14;/h8-10H,5-7,11-12H2,1-4H3;1H. The average molecular weight is 316 g/mol. The van der Waals surface area contributed by atoms with Crippen LogP contribution >= 0.6 is 0 Å². The van der Waals surface area contributed by atoms with Crippen LogP contribution in [0.3, 0.4) is 0 Å². The van der Waals surface area contributed by atoms with Crippen LogP contribution in [-0.2, 0) is 4.74 Å². The molecule has 21 heavy (non-hydrogen) atoms. The van der Waals surface area contributed by atoms with Gasteiger partial charge in [-0.3, -0.25) is 4.90 Å². The van der Waals surface area contributed by atoms with E-state index in [1.54, 1.807) is 4.90 Å². The number of nitrogens with zero attached hydrogens (tertiary/aromatic N) is 2. The van der Waals surface area contributed by atoms with Crippen LogP contribution in [0.2, 0.25) is 0 Å². The van der Waals surface area contributed by atoms with Crippen molar-refractivity contribution < 1.29 is 26.8 Å². The highest BCUT2D eigenvalue weighted by Gasteiger charge is 2.19. The minimum absolute atomic E-state index is 0. The van der Waals surface area contributed by atoms with E-state index in [1.807, 2.05) is 32.0 Å². The normalized spacial score (nSPS) is 10.1. The summed E-state index contributed by atoms with van der Waals surface area (Å²) >= 11 is 0. The molecule has 0 bridgehead atoms. The number of aryl methyl sites for hydroxylation is 1. The highest BCUT2D eigenvalue weighted by molar-refractivity contribution is 5.86. The van der Waals surface area contributed by atoms with Crippen LogP contribution < -0.4 is 22.2 Å². The zero-order valence-corrected chi connectivity index (χ0v) is 14.1. The molecular weight excluding hydrogens is 290 g/mol. The highest BCUT2D eigenvalue weighted by atomic mass is 35.5. The second kappa shape index (κ2) is 10.4. The molecule has 0 aliphatic heterocycles. The van der Waals surface area contributed by atoms with Crippen molar-refractivity contribution in [3.8, 4) is 0 Å². The first-order chi connectivity index (χ1) is 9.62. The molecule has 0 atom stereocenters. The zero-order valence-electron chi connectivity index (χ0n) is 13.4. The van der Waals surface area contributed by atoms with Crippen LogP contribution in [0, 0.1) is 6.92 Å². The summed E-state index contributed by atoms with van der Waals surface area (Å²) in [5, 5.41) is 0. The number of rotatable bonds is 7. The summed E-state index contributed by atoms with van der Waals surface area (Å²) < 4.78 is 5.14. The van der Waals surface area contributed by atoms with Gasteiger partial charge in [-0.05, 0) is 39.8 Å². The average Bonchev–Trinajstić information content (AvgIpc) is 2.44. The molecule has 5 nitrogen and oxygen atoms in total. The number of carbonyl (C=O) groups is 1. The molecule has 0 spiro atoms. The van der Waals surface area contributed by atoms with Crippen molar-refractivity contribution in [2.45, 2.75) is 27.7 Å². The number of anilines is 1. The zero-order chi connectivity index (χ0) is 15.0. The molecule has 0 aromatic carbocycles. The lowest BCUT2D eigenvalue weighted by molar-refractivity contribution is -0.894. The maximum absolute atomic E-state index is 12.1. The minimum Gasteiger partial charge on any atom is -1.00 e. The molecule has 0 unspecified atom stereocenters. The molecule has 0 radical (unpaired) electrons. The molecule has 0 saturated carbocycles. The van der Waals surface area contributed by atoms with Crippen molar-refractivity contribution in [1.82, 2.24) is 4.98 Å². The van der Waals surface area contributed by atoms with Gasteiger partial charge in [0.2, 0.25) is 0 Å². The Morgan fingerprint density at radius 2 is 1.95 bits per heavy atom. The summed E-state index contributed by atoms with van der Waals surface area (Å²) in [5.41, 5.74) is 0.895. The second-order valence-corrected chi connectivity index (χ2v) is 4.69. The molecular formula is C15H26ClN3O2. The molecule has 1 heterocycles. The van der Waals surface area contributed by atoms with Crippen molar-refractivity contribution in [1.29, 1.82) is 0 Å². The third kappa shape index (κ3) is 6.31. The van der Waals surface area contributed by atoms with Gasteiger partial charge < -0.3 is 22.0 Å². The number of quaternary nitrogens is 1. The van der Waals surface area contributed by atoms with Gasteiger partial charge in [0, 0.05) is 5.69 Å². The Hall–Kier alpha value is -1.33. The number of pyridine rings is 1. The fourth-order valence-corrected chi connectivity index (χ4v) is 2.05. The molecule has 1 rings (SSSR count). The highest BCUT2D eigenvalue weighted by Crippen LogP contribution is 2.12. The lowest BCUT2D eigenvalue weighted by Gasteiger charge is -2.23. The number of aromatic nitrogens is 1. The van der Waals surface area contributed by atoms with Gasteiger partial charge in [-0.15, -0.1) is 0 Å². The van der Waals surface area contributed by atoms with Crippen molar-refractivity contribution in [2.75, 3.05) is 37.7 Å². The van der Waals surface area contributed by atoms with Gasteiger partial charge >= 0.3 is 6.09 Å². The molecule has 0 aliphatic carbocycles. The third-order valence-electron chi connectivity index (χ3n) is 3.33. The Morgan fingerprint density at radius 1 is 1.29 bits per heavy atom. The van der Waals surface area contributed by atoms with E-state index in [1.165, 1.54) is 4.90 Å². The third-order valence-corrected chi connectivity index (χ3v) is 3.33. The summed E-state index contributed by atoms with van der Waals surface area (Å²) in [5.74, 6) is 0.662. The number of amides is 1. The number of nitrogens with one attached hydrogen (secondary N) is 1. The minimum atomic E-state index is -0.322. The smallest absolute Gasteiger partial charge is 0.415 e. The molecule has 1 amide bonds. The fourth-order valence-electron chi connectivity index (χ4n) is 2.05. The molecule has 0 saturated heterocycles. The van der Waals surface area contributed by atoms with E-state index in [0.29, 0.717) is 19.0 Å². The Morgan fingerprint density at radius 3 is 2.48 bits per heavy atom. The molecule has 1 aromatic heterocycles. The van der Waals surface area contributed by atoms with Crippen molar-refractivity contribution in [3.63, 3.8) is 0 Å². The Balaban J connectivity index is 0.00000400. The molecule has 1 N–H and O–H groups in total. The summed E-state index contributed by atoms with van der Waals surface area (Å²) in [4.78, 5) is 19.6. The van der Waals surface area contributed by atoms with Crippen LogP contribution in [0.4, 0.5) is 10.6 Å². The molecule has 1 aromatic rings. The van der Waals surface area contributed by atoms with Gasteiger partial charge in [-0.1, -0.05) is 6.07 Å². The number of hydrogen-bond donors (Lipinski definition) is 1. The van der Waals surface area contributed by atoms with E-state index >= 15 is 0 Å². The van der Waals surface area contributed by atoms with Crippen molar-refractivity contribution in [3.05, 3.63) is 23.9 Å². The first kappa shape index (κ1) is 19.7. The number of hydrogen-bond acceptors (Lipinski definition) is 3. The number of likely N-dealkylation sites (N-methyl/N-ethyl adjacent to an activating group) is 1. The van der Waals surface area contributed by atoms with E-state index in [-0.39, 0.29) is 18.5 Å². The summed E-state index contributed by atoms with van der Waals surface area (Å²) in [6.07, 6.45) is -0.322. The maximum atomic E-state index is 12.1. The van der Waals surface area contributed by atoms with Gasteiger partial charge in [0.25, 0.3) is 0 Å². The van der Waals surface area contributed by atoms with Crippen LogP contribution in [0.25, 0.3) is 0 Å². The van der Waals surface area contributed by atoms with Crippen LogP contribution in [-0.4, -0.2) is 43.9 Å². The predicted molar refractivity (Wildman–Crippen MR) is 80.3 cm³/mol. The Labute approximate surface area is 133 Å². The quantitative estimate of drug-likeness (QED) is 0.651. The fraction of sp³-hybridized carbons (Fsp3) is 0.600. The number of halogens is 1. The molecule has 0 fully saturated rings. The lowest BCUT2D eigenvalue weighted by Crippen LogP contribution is -3.12. The van der Waals surface area contributed by atoms with Gasteiger partial charge in [0.05, 0.1) is 32.8 Å². The first-order valence-electron chi connectivity index (χ1n) is 7.33. The molecule has 6 heteroatoms. The maximum Gasteiger partial charge on any atom is 0.415 e. The van der Waals surface area contributed by atoms with Gasteiger partial charge in [0.1, 0.15) is 5.82 Å². The van der Waals surface area contributed by atoms with E-state index < -0.39 is 0 Å².